The van der Waals surface area contributed by atoms with Gasteiger partial charge in [0.15, 0.2) is 0 Å². The first-order valence-electron chi connectivity index (χ1n) is 7.35. The van der Waals surface area contributed by atoms with Crippen molar-refractivity contribution < 1.29 is 0 Å². The second kappa shape index (κ2) is 6.54. The van der Waals surface area contributed by atoms with Crippen molar-refractivity contribution >= 4 is 0 Å². The molecule has 1 aliphatic heterocycles. The van der Waals surface area contributed by atoms with Crippen molar-refractivity contribution in [3.05, 3.63) is 0 Å². The zero-order valence-electron chi connectivity index (χ0n) is 12.6. The molecule has 0 aliphatic carbocycles. The van der Waals surface area contributed by atoms with Crippen molar-refractivity contribution in [1.82, 2.24) is 10.2 Å². The molecule has 1 N–H and O–H groups in total. The number of nitrogens with zero attached hydrogens (tertiary/aromatic N) is 2. The molecule has 0 aromatic carbocycles. The van der Waals surface area contributed by atoms with Gasteiger partial charge in [0.1, 0.15) is 5.54 Å². The summed E-state index contributed by atoms with van der Waals surface area (Å²) in [5.74, 6) is 0. The Bertz CT molecular complexity index is 281. The summed E-state index contributed by atoms with van der Waals surface area (Å²) in [5, 5.41) is 12.3. The van der Waals surface area contributed by atoms with Crippen molar-refractivity contribution in [3.8, 4) is 6.07 Å². The molecule has 18 heavy (non-hydrogen) atoms. The maximum Gasteiger partial charge on any atom is 0.104 e. The predicted octanol–water partition coefficient (Wildman–Crippen LogP) is 2.78. The largest absolute Gasteiger partial charge is 0.303 e. The first kappa shape index (κ1) is 15.5. The number of piperidine rings is 1. The van der Waals surface area contributed by atoms with Crippen LogP contribution in [0.25, 0.3) is 0 Å². The fourth-order valence-corrected chi connectivity index (χ4v) is 2.83. The first-order chi connectivity index (χ1) is 8.53. The molecular formula is C15H29N3. The summed E-state index contributed by atoms with van der Waals surface area (Å²) in [7, 11) is 1.87. The second-order valence-electron chi connectivity index (χ2n) is 5.99. The maximum atomic E-state index is 9.14. The van der Waals surface area contributed by atoms with Crippen LogP contribution in [0, 0.1) is 16.7 Å². The minimum absolute atomic E-state index is 0.371. The van der Waals surface area contributed by atoms with E-state index >= 15 is 0 Å². The van der Waals surface area contributed by atoms with E-state index in [-0.39, 0.29) is 5.54 Å². The van der Waals surface area contributed by atoms with Crippen LogP contribution in [0.2, 0.25) is 0 Å². The average Bonchev–Trinajstić information content (AvgIpc) is 2.45. The Hall–Kier alpha value is -0.590. The van der Waals surface area contributed by atoms with Crippen LogP contribution in [0.5, 0.6) is 0 Å². The molecule has 104 valence electrons. The molecule has 0 spiro atoms. The summed E-state index contributed by atoms with van der Waals surface area (Å²) >= 11 is 0. The van der Waals surface area contributed by atoms with Gasteiger partial charge in [-0.05, 0) is 51.7 Å². The molecule has 3 heteroatoms. The number of nitriles is 1. The number of rotatable bonds is 6. The molecule has 1 fully saturated rings. The van der Waals surface area contributed by atoms with E-state index in [0.717, 1.165) is 13.0 Å². The van der Waals surface area contributed by atoms with Gasteiger partial charge in [0.25, 0.3) is 0 Å². The lowest BCUT2D eigenvalue weighted by molar-refractivity contribution is 0.0912. The minimum atomic E-state index is -0.371. The fourth-order valence-electron chi connectivity index (χ4n) is 2.83. The summed E-state index contributed by atoms with van der Waals surface area (Å²) in [6.07, 6.45) is 6.17. The molecule has 0 aromatic heterocycles. The summed E-state index contributed by atoms with van der Waals surface area (Å²) in [6, 6.07) is 2.37. The van der Waals surface area contributed by atoms with Gasteiger partial charge in [-0.1, -0.05) is 26.7 Å². The van der Waals surface area contributed by atoms with Crippen LogP contribution in [-0.4, -0.2) is 37.1 Å². The standard InChI is InChI=1S/C15H29N3/c1-5-15(6-2)8-11-18(12-9-15)10-7-14(3,13-16)17-4/h17H,5-12H2,1-4H3. The average molecular weight is 251 g/mol. The van der Waals surface area contributed by atoms with Crippen LogP contribution in [0.15, 0.2) is 0 Å². The molecule has 1 heterocycles. The Morgan fingerprint density at radius 2 is 1.83 bits per heavy atom. The highest BCUT2D eigenvalue weighted by molar-refractivity contribution is 5.03. The molecular weight excluding hydrogens is 222 g/mol. The summed E-state index contributed by atoms with van der Waals surface area (Å²) < 4.78 is 0. The van der Waals surface area contributed by atoms with E-state index in [2.05, 4.69) is 30.1 Å². The van der Waals surface area contributed by atoms with Gasteiger partial charge in [0.2, 0.25) is 0 Å². The van der Waals surface area contributed by atoms with Gasteiger partial charge < -0.3 is 10.2 Å². The van der Waals surface area contributed by atoms with Gasteiger partial charge in [-0.3, -0.25) is 0 Å². The number of hydrogen-bond donors (Lipinski definition) is 1. The quantitative estimate of drug-likeness (QED) is 0.789. The number of hydrogen-bond acceptors (Lipinski definition) is 3. The Morgan fingerprint density at radius 3 is 2.22 bits per heavy atom. The lowest BCUT2D eigenvalue weighted by Crippen LogP contribution is -2.45. The van der Waals surface area contributed by atoms with Crippen LogP contribution in [0.1, 0.15) is 52.9 Å². The summed E-state index contributed by atoms with van der Waals surface area (Å²) in [6.45, 7) is 10.1. The third-order valence-electron chi connectivity index (χ3n) is 5.14. The molecule has 1 unspecified atom stereocenters. The maximum absolute atomic E-state index is 9.14. The van der Waals surface area contributed by atoms with E-state index in [1.54, 1.807) is 0 Å². The first-order valence-corrected chi connectivity index (χ1v) is 7.35. The SMILES string of the molecule is CCC1(CC)CCN(CCC(C)(C#N)NC)CC1. The monoisotopic (exact) mass is 251 g/mol. The fraction of sp³-hybridized carbons (Fsp3) is 0.933. The molecule has 0 aromatic rings. The molecule has 3 nitrogen and oxygen atoms in total. The lowest BCUT2D eigenvalue weighted by Gasteiger charge is -2.41. The van der Waals surface area contributed by atoms with Gasteiger partial charge in [-0.15, -0.1) is 0 Å². The Kier molecular flexibility index (Phi) is 5.62. The molecule has 0 radical (unpaired) electrons. The van der Waals surface area contributed by atoms with E-state index in [1.807, 2.05) is 14.0 Å². The minimum Gasteiger partial charge on any atom is -0.303 e. The van der Waals surface area contributed by atoms with Crippen LogP contribution in [-0.2, 0) is 0 Å². The molecule has 0 bridgehead atoms. The number of nitrogens with one attached hydrogen (secondary N) is 1. The van der Waals surface area contributed by atoms with Gasteiger partial charge in [0, 0.05) is 6.54 Å². The Morgan fingerprint density at radius 1 is 1.28 bits per heavy atom. The van der Waals surface area contributed by atoms with Crippen LogP contribution in [0.3, 0.4) is 0 Å². The molecule has 1 atom stereocenters. The Balaban J connectivity index is 2.39. The van der Waals surface area contributed by atoms with E-state index in [1.165, 1.54) is 38.8 Å². The van der Waals surface area contributed by atoms with Crippen molar-refractivity contribution in [2.75, 3.05) is 26.7 Å². The smallest absolute Gasteiger partial charge is 0.104 e. The predicted molar refractivity (Wildman–Crippen MR) is 76.4 cm³/mol. The van der Waals surface area contributed by atoms with Gasteiger partial charge in [0.05, 0.1) is 6.07 Å². The summed E-state index contributed by atoms with van der Waals surface area (Å²) in [5.41, 5.74) is 0.224. The van der Waals surface area contributed by atoms with Crippen LogP contribution in [0.4, 0.5) is 0 Å². The normalized spacial score (nSPS) is 23.3. The summed E-state index contributed by atoms with van der Waals surface area (Å²) in [4.78, 5) is 2.52. The zero-order chi connectivity index (χ0) is 13.6. The van der Waals surface area contributed by atoms with E-state index in [0.29, 0.717) is 5.41 Å². The van der Waals surface area contributed by atoms with E-state index in [9.17, 15) is 0 Å². The highest BCUT2D eigenvalue weighted by Gasteiger charge is 2.32. The molecule has 1 saturated heterocycles. The highest BCUT2D eigenvalue weighted by atomic mass is 15.1. The van der Waals surface area contributed by atoms with Gasteiger partial charge in [-0.2, -0.15) is 5.26 Å². The van der Waals surface area contributed by atoms with Crippen LogP contribution >= 0.6 is 0 Å². The van der Waals surface area contributed by atoms with Crippen molar-refractivity contribution in [3.63, 3.8) is 0 Å². The molecule has 1 aliphatic rings. The highest BCUT2D eigenvalue weighted by Crippen LogP contribution is 2.37. The van der Waals surface area contributed by atoms with Crippen molar-refractivity contribution in [2.24, 2.45) is 5.41 Å². The molecule has 0 saturated carbocycles. The second-order valence-corrected chi connectivity index (χ2v) is 5.99. The van der Waals surface area contributed by atoms with Crippen LogP contribution < -0.4 is 5.32 Å². The van der Waals surface area contributed by atoms with E-state index < -0.39 is 0 Å². The van der Waals surface area contributed by atoms with E-state index in [4.69, 9.17) is 5.26 Å². The molecule has 1 rings (SSSR count). The van der Waals surface area contributed by atoms with Crippen molar-refractivity contribution in [1.29, 1.82) is 5.26 Å². The van der Waals surface area contributed by atoms with Gasteiger partial charge in [-0.25, -0.2) is 0 Å². The topological polar surface area (TPSA) is 39.1 Å². The lowest BCUT2D eigenvalue weighted by atomic mass is 9.74. The number of likely N-dealkylation sites (tertiary alicyclic amines) is 1. The van der Waals surface area contributed by atoms with Gasteiger partial charge >= 0.3 is 0 Å². The van der Waals surface area contributed by atoms with Crippen molar-refractivity contribution in [2.45, 2.75) is 58.4 Å². The Labute approximate surface area is 113 Å². The third-order valence-corrected chi connectivity index (χ3v) is 5.14. The zero-order valence-corrected chi connectivity index (χ0v) is 12.6. The third kappa shape index (κ3) is 3.70. The molecule has 0 amide bonds.